The van der Waals surface area contributed by atoms with Crippen LogP contribution in [0.3, 0.4) is 0 Å². The zero-order valence-corrected chi connectivity index (χ0v) is 16.4. The van der Waals surface area contributed by atoms with Gasteiger partial charge in [0.15, 0.2) is 0 Å². The molecule has 2 aromatic rings. The second-order valence-electron chi connectivity index (χ2n) is 7.23. The summed E-state index contributed by atoms with van der Waals surface area (Å²) in [6.07, 6.45) is 0.992. The van der Waals surface area contributed by atoms with Gasteiger partial charge in [-0.05, 0) is 54.8 Å². The first-order valence-electron chi connectivity index (χ1n) is 9.30. The predicted molar refractivity (Wildman–Crippen MR) is 109 cm³/mol. The number of ether oxygens (including phenoxy) is 1. The van der Waals surface area contributed by atoms with E-state index in [9.17, 15) is 9.59 Å². The zero-order chi connectivity index (χ0) is 19.8. The van der Waals surface area contributed by atoms with Crippen molar-refractivity contribution in [1.29, 1.82) is 0 Å². The molecule has 0 unspecified atom stereocenters. The van der Waals surface area contributed by atoms with Crippen molar-refractivity contribution >= 4 is 23.2 Å². The van der Waals surface area contributed by atoms with Gasteiger partial charge in [-0.15, -0.1) is 0 Å². The molecule has 5 heteroatoms. The lowest BCUT2D eigenvalue weighted by molar-refractivity contribution is -0.118. The first kappa shape index (κ1) is 20.5. The third-order valence-electron chi connectivity index (χ3n) is 3.99. The van der Waals surface area contributed by atoms with Gasteiger partial charge in [-0.25, -0.2) is 0 Å². The van der Waals surface area contributed by atoms with Gasteiger partial charge in [0.05, 0.1) is 6.61 Å². The van der Waals surface area contributed by atoms with Gasteiger partial charge in [0.2, 0.25) is 5.91 Å². The number of nitrogens with one attached hydrogen (secondary N) is 2. The average Bonchev–Trinajstić information content (AvgIpc) is 2.62. The molecule has 0 aromatic heterocycles. The van der Waals surface area contributed by atoms with Crippen molar-refractivity contribution < 1.29 is 14.3 Å². The Morgan fingerprint density at radius 2 is 1.56 bits per heavy atom. The van der Waals surface area contributed by atoms with Crippen LogP contribution in [0.5, 0.6) is 5.75 Å². The minimum absolute atomic E-state index is 0.0634. The van der Waals surface area contributed by atoms with Crippen LogP contribution >= 0.6 is 0 Å². The minimum Gasteiger partial charge on any atom is -0.494 e. The molecule has 0 bridgehead atoms. The Morgan fingerprint density at radius 1 is 0.926 bits per heavy atom. The van der Waals surface area contributed by atoms with E-state index in [4.69, 9.17) is 4.74 Å². The van der Waals surface area contributed by atoms with Gasteiger partial charge in [0, 0.05) is 22.9 Å². The molecule has 144 valence electrons. The second kappa shape index (κ2) is 9.76. The van der Waals surface area contributed by atoms with E-state index in [2.05, 4.69) is 24.5 Å². The quantitative estimate of drug-likeness (QED) is 0.692. The monoisotopic (exact) mass is 368 g/mol. The largest absolute Gasteiger partial charge is 0.494 e. The molecular weight excluding hydrogens is 340 g/mol. The molecule has 5 nitrogen and oxygen atoms in total. The fraction of sp³-hybridized carbons (Fsp3) is 0.364. The summed E-state index contributed by atoms with van der Waals surface area (Å²) < 4.78 is 5.67. The molecule has 27 heavy (non-hydrogen) atoms. The predicted octanol–water partition coefficient (Wildman–Crippen LogP) is 4.96. The van der Waals surface area contributed by atoms with Crippen LogP contribution in [0.25, 0.3) is 0 Å². The molecule has 0 saturated heterocycles. The lowest BCUT2D eigenvalue weighted by atomic mass is 10.1. The SMILES string of the molecule is CC(C)CCOc1ccc(C(=O)Nc2cccc(NC(=O)C(C)C)c2)cc1. The molecule has 2 N–H and O–H groups in total. The van der Waals surface area contributed by atoms with Crippen molar-refractivity contribution in [3.63, 3.8) is 0 Å². The van der Waals surface area contributed by atoms with Crippen LogP contribution in [0.15, 0.2) is 48.5 Å². The van der Waals surface area contributed by atoms with Crippen LogP contribution in [0.2, 0.25) is 0 Å². The van der Waals surface area contributed by atoms with Crippen LogP contribution in [0.1, 0.15) is 44.5 Å². The zero-order valence-electron chi connectivity index (χ0n) is 16.4. The van der Waals surface area contributed by atoms with Gasteiger partial charge < -0.3 is 15.4 Å². The van der Waals surface area contributed by atoms with Crippen molar-refractivity contribution in [3.05, 3.63) is 54.1 Å². The number of hydrogen-bond donors (Lipinski definition) is 2. The highest BCUT2D eigenvalue weighted by Gasteiger charge is 2.09. The summed E-state index contributed by atoms with van der Waals surface area (Å²) in [5.74, 6) is 0.967. The highest BCUT2D eigenvalue weighted by atomic mass is 16.5. The molecule has 0 aliphatic carbocycles. The standard InChI is InChI=1S/C22H28N2O3/c1-15(2)12-13-27-20-10-8-17(9-11-20)22(26)24-19-7-5-6-18(14-19)23-21(25)16(3)4/h5-11,14-16H,12-13H2,1-4H3,(H,23,25)(H,24,26). The summed E-state index contributed by atoms with van der Waals surface area (Å²) in [4.78, 5) is 24.2. The van der Waals surface area contributed by atoms with E-state index in [0.29, 0.717) is 29.5 Å². The first-order chi connectivity index (χ1) is 12.8. The molecule has 0 aliphatic rings. The van der Waals surface area contributed by atoms with E-state index < -0.39 is 0 Å². The topological polar surface area (TPSA) is 67.4 Å². The van der Waals surface area contributed by atoms with Gasteiger partial charge >= 0.3 is 0 Å². The lowest BCUT2D eigenvalue weighted by Crippen LogP contribution is -2.18. The van der Waals surface area contributed by atoms with E-state index >= 15 is 0 Å². The van der Waals surface area contributed by atoms with E-state index in [-0.39, 0.29) is 17.7 Å². The summed E-state index contributed by atoms with van der Waals surface area (Å²) in [5, 5.41) is 5.67. The third kappa shape index (κ3) is 6.77. The number of hydrogen-bond acceptors (Lipinski definition) is 3. The van der Waals surface area contributed by atoms with Crippen LogP contribution in [0, 0.1) is 11.8 Å². The molecule has 2 aromatic carbocycles. The summed E-state index contributed by atoms with van der Waals surface area (Å²) in [6, 6.07) is 14.2. The van der Waals surface area contributed by atoms with Gasteiger partial charge in [-0.1, -0.05) is 33.8 Å². The number of anilines is 2. The van der Waals surface area contributed by atoms with Crippen molar-refractivity contribution in [1.82, 2.24) is 0 Å². The molecule has 0 spiro atoms. The van der Waals surface area contributed by atoms with Gasteiger partial charge in [0.25, 0.3) is 5.91 Å². The Morgan fingerprint density at radius 3 is 2.15 bits per heavy atom. The Hall–Kier alpha value is -2.82. The lowest BCUT2D eigenvalue weighted by Gasteiger charge is -2.11. The molecule has 0 heterocycles. The molecule has 0 saturated carbocycles. The Kier molecular flexibility index (Phi) is 7.41. The summed E-state index contributed by atoms with van der Waals surface area (Å²) in [6.45, 7) is 8.63. The van der Waals surface area contributed by atoms with Crippen molar-refractivity contribution in [2.45, 2.75) is 34.1 Å². The maximum Gasteiger partial charge on any atom is 0.255 e. The van der Waals surface area contributed by atoms with E-state index in [0.717, 1.165) is 12.2 Å². The van der Waals surface area contributed by atoms with E-state index in [1.807, 2.05) is 13.8 Å². The van der Waals surface area contributed by atoms with Crippen LogP contribution < -0.4 is 15.4 Å². The van der Waals surface area contributed by atoms with Crippen molar-refractivity contribution in [2.75, 3.05) is 17.2 Å². The average molecular weight is 368 g/mol. The van der Waals surface area contributed by atoms with Gasteiger partial charge in [0.1, 0.15) is 5.75 Å². The highest BCUT2D eigenvalue weighted by Crippen LogP contribution is 2.18. The molecule has 0 atom stereocenters. The number of benzene rings is 2. The highest BCUT2D eigenvalue weighted by molar-refractivity contribution is 6.04. The Bertz CT molecular complexity index is 767. The number of amides is 2. The summed E-state index contributed by atoms with van der Waals surface area (Å²) in [5.41, 5.74) is 1.82. The van der Waals surface area contributed by atoms with Gasteiger partial charge in [-0.2, -0.15) is 0 Å². The third-order valence-corrected chi connectivity index (χ3v) is 3.99. The van der Waals surface area contributed by atoms with E-state index in [1.54, 1.807) is 48.5 Å². The van der Waals surface area contributed by atoms with Crippen LogP contribution in [-0.4, -0.2) is 18.4 Å². The van der Waals surface area contributed by atoms with Crippen molar-refractivity contribution in [3.8, 4) is 5.75 Å². The number of carbonyl (C=O) groups excluding carboxylic acids is 2. The molecule has 0 fully saturated rings. The van der Waals surface area contributed by atoms with Crippen LogP contribution in [-0.2, 0) is 4.79 Å². The molecule has 2 rings (SSSR count). The minimum atomic E-state index is -0.212. The van der Waals surface area contributed by atoms with Gasteiger partial charge in [-0.3, -0.25) is 9.59 Å². The first-order valence-corrected chi connectivity index (χ1v) is 9.30. The van der Waals surface area contributed by atoms with Crippen molar-refractivity contribution in [2.24, 2.45) is 11.8 Å². The smallest absolute Gasteiger partial charge is 0.255 e. The maximum absolute atomic E-state index is 12.4. The molecule has 2 amide bonds. The normalized spacial score (nSPS) is 10.7. The molecule has 0 aliphatic heterocycles. The Balaban J connectivity index is 1.95. The summed E-state index contributed by atoms with van der Waals surface area (Å²) in [7, 11) is 0. The fourth-order valence-electron chi connectivity index (χ4n) is 2.28. The second-order valence-corrected chi connectivity index (χ2v) is 7.23. The molecular formula is C22H28N2O3. The number of carbonyl (C=O) groups is 2. The molecule has 0 radical (unpaired) electrons. The number of rotatable bonds is 8. The van der Waals surface area contributed by atoms with E-state index in [1.165, 1.54) is 0 Å². The maximum atomic E-state index is 12.4. The summed E-state index contributed by atoms with van der Waals surface area (Å²) >= 11 is 0. The van der Waals surface area contributed by atoms with Crippen LogP contribution in [0.4, 0.5) is 11.4 Å². The fourth-order valence-corrected chi connectivity index (χ4v) is 2.28. The Labute approximate surface area is 161 Å².